The third kappa shape index (κ3) is 6.54. The van der Waals surface area contributed by atoms with Crippen LogP contribution >= 0.6 is 46.4 Å². The zero-order valence-corrected chi connectivity index (χ0v) is 24.7. The van der Waals surface area contributed by atoms with Gasteiger partial charge in [-0.05, 0) is 60.2 Å². The van der Waals surface area contributed by atoms with Crippen molar-refractivity contribution in [2.75, 3.05) is 10.6 Å². The molecule has 0 spiro atoms. The van der Waals surface area contributed by atoms with E-state index in [1.807, 2.05) is 6.07 Å². The van der Waals surface area contributed by atoms with Gasteiger partial charge in [0, 0.05) is 22.9 Å². The smallest absolute Gasteiger partial charge is 0.257 e. The van der Waals surface area contributed by atoms with Crippen LogP contribution in [0.4, 0.5) is 15.8 Å². The van der Waals surface area contributed by atoms with E-state index in [1.54, 1.807) is 18.2 Å². The fourth-order valence-electron chi connectivity index (χ4n) is 3.88. The van der Waals surface area contributed by atoms with E-state index >= 15 is 0 Å². The predicted octanol–water partition coefficient (Wildman–Crippen LogP) is 8.14. The largest absolute Gasteiger partial charge is 0.326 e. The topological polar surface area (TPSA) is 58.2 Å². The summed E-state index contributed by atoms with van der Waals surface area (Å²) in [6.07, 6.45) is 0. The maximum atomic E-state index is 13.2. The summed E-state index contributed by atoms with van der Waals surface area (Å²) in [4.78, 5) is 25.9. The minimum Gasteiger partial charge on any atom is -0.326 e. The molecular formula is C28H23Cl4FN2O2Si. The maximum absolute atomic E-state index is 13.2. The number of hydrogen-bond donors (Lipinski definition) is 2. The van der Waals surface area contributed by atoms with Gasteiger partial charge in [-0.3, -0.25) is 9.59 Å². The molecule has 10 heteroatoms. The minimum absolute atomic E-state index is 0.132. The molecule has 1 saturated carbocycles. The van der Waals surface area contributed by atoms with Crippen LogP contribution in [0.25, 0.3) is 0 Å². The standard InChI is InChI=1S/C28H23Cl4FN2O2Si/c1-38(2,3)13-12-16-14-17(4-10-22(16)29)24-25(28(24,31)32)27(37)35-20-9-11-23(30)21(15-20)26(36)34-19-7-5-18(33)6-8-19/h4-11,14-15,24-25H,1-3H3,(H,34,36)(H,35,37). The van der Waals surface area contributed by atoms with Crippen LogP contribution in [0.3, 0.4) is 0 Å². The van der Waals surface area contributed by atoms with Crippen molar-refractivity contribution < 1.29 is 14.0 Å². The van der Waals surface area contributed by atoms with Crippen LogP contribution in [-0.2, 0) is 4.79 Å². The Morgan fingerprint density at radius 1 is 0.895 bits per heavy atom. The molecule has 4 nitrogen and oxygen atoms in total. The Bertz CT molecular complexity index is 1480. The molecule has 2 atom stereocenters. The molecule has 2 amide bonds. The van der Waals surface area contributed by atoms with Gasteiger partial charge in [-0.1, -0.05) is 54.8 Å². The Balaban J connectivity index is 1.51. The van der Waals surface area contributed by atoms with E-state index < -0.39 is 41.9 Å². The van der Waals surface area contributed by atoms with Crippen LogP contribution in [0.5, 0.6) is 0 Å². The molecule has 196 valence electrons. The lowest BCUT2D eigenvalue weighted by atomic mass is 10.1. The molecule has 0 aliphatic heterocycles. The van der Waals surface area contributed by atoms with Crippen LogP contribution < -0.4 is 10.6 Å². The summed E-state index contributed by atoms with van der Waals surface area (Å²) in [5, 5.41) is 6.13. The first-order chi connectivity index (χ1) is 17.8. The Morgan fingerprint density at radius 3 is 2.18 bits per heavy atom. The van der Waals surface area contributed by atoms with Gasteiger partial charge in [0.2, 0.25) is 5.91 Å². The molecular weight excluding hydrogens is 585 g/mol. The molecule has 0 bridgehead atoms. The van der Waals surface area contributed by atoms with E-state index in [9.17, 15) is 14.0 Å². The highest BCUT2D eigenvalue weighted by molar-refractivity contribution is 6.83. The van der Waals surface area contributed by atoms with Crippen molar-refractivity contribution in [2.24, 2.45) is 5.92 Å². The number of rotatable bonds is 5. The molecule has 2 unspecified atom stereocenters. The average Bonchev–Trinajstić information content (AvgIpc) is 3.42. The first-order valence-corrected chi connectivity index (χ1v) is 16.7. The number of nitrogens with one attached hydrogen (secondary N) is 2. The summed E-state index contributed by atoms with van der Waals surface area (Å²) < 4.78 is 11.8. The molecule has 0 aromatic heterocycles. The van der Waals surface area contributed by atoms with Gasteiger partial charge in [0.15, 0.2) is 0 Å². The van der Waals surface area contributed by atoms with Gasteiger partial charge in [0.25, 0.3) is 5.91 Å². The molecule has 1 aliphatic rings. The second kappa shape index (κ2) is 10.9. The summed E-state index contributed by atoms with van der Waals surface area (Å²) in [6, 6.07) is 15.2. The van der Waals surface area contributed by atoms with Crippen molar-refractivity contribution in [1.29, 1.82) is 0 Å². The Labute approximate surface area is 241 Å². The van der Waals surface area contributed by atoms with E-state index in [-0.39, 0.29) is 10.6 Å². The normalized spacial score (nSPS) is 17.7. The van der Waals surface area contributed by atoms with Gasteiger partial charge >= 0.3 is 0 Å². The number of amides is 2. The molecule has 0 heterocycles. The number of anilines is 2. The van der Waals surface area contributed by atoms with Crippen molar-refractivity contribution in [2.45, 2.75) is 29.9 Å². The van der Waals surface area contributed by atoms with E-state index in [4.69, 9.17) is 46.4 Å². The molecule has 1 aliphatic carbocycles. The van der Waals surface area contributed by atoms with Crippen molar-refractivity contribution in [3.05, 3.63) is 93.2 Å². The number of carbonyl (C=O) groups is 2. The van der Waals surface area contributed by atoms with Crippen molar-refractivity contribution >= 4 is 77.7 Å². The molecule has 3 aromatic carbocycles. The Morgan fingerprint density at radius 2 is 1.53 bits per heavy atom. The predicted molar refractivity (Wildman–Crippen MR) is 157 cm³/mol. The van der Waals surface area contributed by atoms with Crippen LogP contribution in [-0.4, -0.2) is 24.2 Å². The minimum atomic E-state index is -1.63. The number of hydrogen-bond acceptors (Lipinski definition) is 2. The summed E-state index contributed by atoms with van der Waals surface area (Å²) in [7, 11) is -1.63. The van der Waals surface area contributed by atoms with Gasteiger partial charge in [0.1, 0.15) is 18.2 Å². The maximum Gasteiger partial charge on any atom is 0.257 e. The highest BCUT2D eigenvalue weighted by Gasteiger charge is 2.67. The number of halogens is 5. The summed E-state index contributed by atoms with van der Waals surface area (Å²) in [5.74, 6) is 0.603. The monoisotopic (exact) mass is 606 g/mol. The molecule has 3 aromatic rings. The van der Waals surface area contributed by atoms with Gasteiger partial charge in [-0.25, -0.2) is 4.39 Å². The van der Waals surface area contributed by atoms with E-state index in [0.717, 1.165) is 5.56 Å². The summed E-state index contributed by atoms with van der Waals surface area (Å²) in [5.41, 5.74) is 5.58. The van der Waals surface area contributed by atoms with Crippen molar-refractivity contribution in [3.63, 3.8) is 0 Å². The molecule has 4 rings (SSSR count). The van der Waals surface area contributed by atoms with Gasteiger partial charge in [-0.2, -0.15) is 0 Å². The lowest BCUT2D eigenvalue weighted by Crippen LogP contribution is -2.18. The third-order valence-electron chi connectivity index (χ3n) is 5.84. The fraction of sp³-hybridized carbons (Fsp3) is 0.214. The number of carbonyl (C=O) groups excluding carboxylic acids is 2. The molecule has 0 radical (unpaired) electrons. The fourth-order valence-corrected chi connectivity index (χ4v) is 5.59. The van der Waals surface area contributed by atoms with Crippen LogP contribution in [0, 0.1) is 23.2 Å². The van der Waals surface area contributed by atoms with Crippen LogP contribution in [0.1, 0.15) is 27.4 Å². The molecule has 0 saturated heterocycles. The number of alkyl halides is 2. The second-order valence-electron chi connectivity index (χ2n) is 10.0. The van der Waals surface area contributed by atoms with E-state index in [0.29, 0.717) is 22.0 Å². The summed E-state index contributed by atoms with van der Waals surface area (Å²) >= 11 is 25.7. The highest BCUT2D eigenvalue weighted by atomic mass is 35.5. The van der Waals surface area contributed by atoms with E-state index in [1.165, 1.54) is 36.4 Å². The zero-order chi connectivity index (χ0) is 27.8. The molecule has 1 fully saturated rings. The average molecular weight is 608 g/mol. The lowest BCUT2D eigenvalue weighted by Gasteiger charge is -2.10. The van der Waals surface area contributed by atoms with Crippen molar-refractivity contribution in [3.8, 4) is 11.5 Å². The van der Waals surface area contributed by atoms with Gasteiger partial charge in [-0.15, -0.1) is 28.7 Å². The quantitative estimate of drug-likeness (QED) is 0.175. The number of benzene rings is 3. The van der Waals surface area contributed by atoms with Crippen LogP contribution in [0.2, 0.25) is 29.7 Å². The second-order valence-corrected chi connectivity index (χ2v) is 17.0. The molecule has 38 heavy (non-hydrogen) atoms. The SMILES string of the molecule is C[Si](C)(C)C#Cc1cc(C2C(C(=O)Nc3ccc(Cl)c(C(=O)Nc4ccc(F)cc4)c3)C2(Cl)Cl)ccc1Cl. The first-order valence-electron chi connectivity index (χ1n) is 11.6. The highest BCUT2D eigenvalue weighted by Crippen LogP contribution is 2.65. The van der Waals surface area contributed by atoms with Crippen molar-refractivity contribution in [1.82, 2.24) is 0 Å². The molecule has 2 N–H and O–H groups in total. The summed E-state index contributed by atoms with van der Waals surface area (Å²) in [6.45, 7) is 6.41. The lowest BCUT2D eigenvalue weighted by molar-refractivity contribution is -0.117. The third-order valence-corrected chi connectivity index (χ3v) is 8.31. The van der Waals surface area contributed by atoms with Gasteiger partial charge < -0.3 is 10.6 Å². The first kappa shape index (κ1) is 28.5. The Hall–Kier alpha value is -2.53. The Kier molecular flexibility index (Phi) is 8.18. The van der Waals surface area contributed by atoms with Crippen LogP contribution in [0.15, 0.2) is 60.7 Å². The van der Waals surface area contributed by atoms with E-state index in [2.05, 4.69) is 41.7 Å². The zero-order valence-electron chi connectivity index (χ0n) is 20.6. The van der Waals surface area contributed by atoms with Gasteiger partial charge in [0.05, 0.1) is 21.5 Å².